The van der Waals surface area contributed by atoms with Crippen LogP contribution in [0.15, 0.2) is 49.1 Å². The summed E-state index contributed by atoms with van der Waals surface area (Å²) in [7, 11) is 0. The molecule has 2 aromatic rings. The van der Waals surface area contributed by atoms with Gasteiger partial charge in [-0.25, -0.2) is 4.79 Å². The third kappa shape index (κ3) is 4.94. The van der Waals surface area contributed by atoms with E-state index in [0.29, 0.717) is 33.3 Å². The first-order valence-electron chi connectivity index (χ1n) is 7.54. The number of aromatic hydroxyl groups is 1. The van der Waals surface area contributed by atoms with Crippen molar-refractivity contribution in [2.24, 2.45) is 5.73 Å². The van der Waals surface area contributed by atoms with E-state index in [9.17, 15) is 9.90 Å². The molecule has 136 valence electrons. The van der Waals surface area contributed by atoms with E-state index in [2.05, 4.69) is 6.58 Å². The van der Waals surface area contributed by atoms with Crippen LogP contribution in [0.4, 0.5) is 0 Å². The zero-order valence-corrected chi connectivity index (χ0v) is 15.2. The average molecular weight is 394 g/mol. The molecule has 26 heavy (non-hydrogen) atoms. The molecule has 2 rings (SSSR count). The molecule has 0 saturated heterocycles. The molecule has 0 radical (unpaired) electrons. The Hall–Kier alpha value is -2.63. The number of aliphatic carboxylic acids is 1. The van der Waals surface area contributed by atoms with Gasteiger partial charge in [-0.1, -0.05) is 41.9 Å². The summed E-state index contributed by atoms with van der Waals surface area (Å²) in [4.78, 5) is 10.6. The summed E-state index contributed by atoms with van der Waals surface area (Å²) in [6.07, 6.45) is 3.52. The van der Waals surface area contributed by atoms with Crippen LogP contribution in [0.25, 0.3) is 5.70 Å². The minimum Gasteiger partial charge on any atom is -0.507 e. The number of allylic oxidation sites excluding steroid dienone is 2. The zero-order chi connectivity index (χ0) is 19.3. The lowest BCUT2D eigenvalue weighted by Crippen LogP contribution is -2.09. The molecule has 0 atom stereocenters. The number of hydrogen-bond acceptors (Lipinski definition) is 4. The fourth-order valence-corrected chi connectivity index (χ4v) is 2.92. The molecule has 0 bridgehead atoms. The van der Waals surface area contributed by atoms with Crippen molar-refractivity contribution in [1.29, 1.82) is 0 Å². The van der Waals surface area contributed by atoms with E-state index in [1.807, 2.05) is 0 Å². The highest BCUT2D eigenvalue weighted by molar-refractivity contribution is 6.36. The maximum atomic E-state index is 10.6. The summed E-state index contributed by atoms with van der Waals surface area (Å²) in [5.41, 5.74) is 8.27. The predicted molar refractivity (Wildman–Crippen MR) is 103 cm³/mol. The number of phenols is 1. The van der Waals surface area contributed by atoms with Crippen LogP contribution in [0.2, 0.25) is 10.0 Å². The summed E-state index contributed by atoms with van der Waals surface area (Å²) in [5.74, 6) is -0.766. The second-order valence-electron chi connectivity index (χ2n) is 5.43. The molecule has 2 aromatic carbocycles. The molecule has 7 heteroatoms. The van der Waals surface area contributed by atoms with Gasteiger partial charge in [0, 0.05) is 27.7 Å². The van der Waals surface area contributed by atoms with E-state index in [4.69, 9.17) is 38.8 Å². The number of benzene rings is 2. The molecule has 0 amide bonds. The Morgan fingerprint density at radius 1 is 1.23 bits per heavy atom. The highest BCUT2D eigenvalue weighted by atomic mass is 35.5. The van der Waals surface area contributed by atoms with Crippen molar-refractivity contribution >= 4 is 34.9 Å². The van der Waals surface area contributed by atoms with Gasteiger partial charge in [-0.05, 0) is 41.5 Å². The van der Waals surface area contributed by atoms with Gasteiger partial charge in [0.1, 0.15) is 11.5 Å². The first-order valence-corrected chi connectivity index (χ1v) is 8.30. The first-order chi connectivity index (χ1) is 12.3. The van der Waals surface area contributed by atoms with Gasteiger partial charge >= 0.3 is 5.97 Å². The van der Waals surface area contributed by atoms with E-state index in [-0.39, 0.29) is 11.5 Å². The number of rotatable bonds is 7. The van der Waals surface area contributed by atoms with E-state index in [1.165, 1.54) is 18.2 Å². The van der Waals surface area contributed by atoms with Crippen molar-refractivity contribution in [3.8, 4) is 11.5 Å². The molecule has 5 nitrogen and oxygen atoms in total. The number of carbonyl (C=O) groups is 1. The summed E-state index contributed by atoms with van der Waals surface area (Å²) in [6.45, 7) is 3.10. The lowest BCUT2D eigenvalue weighted by atomic mass is 10.0. The molecule has 0 fully saturated rings. The molecular formula is C19H17Cl2NO4. The van der Waals surface area contributed by atoms with Gasteiger partial charge in [0.25, 0.3) is 0 Å². The zero-order valence-electron chi connectivity index (χ0n) is 13.7. The monoisotopic (exact) mass is 393 g/mol. The van der Waals surface area contributed by atoms with Crippen molar-refractivity contribution in [2.45, 2.75) is 6.42 Å². The largest absolute Gasteiger partial charge is 0.507 e. The minimum atomic E-state index is -1.09. The summed E-state index contributed by atoms with van der Waals surface area (Å²) in [6, 6.07) is 8.05. The van der Waals surface area contributed by atoms with Gasteiger partial charge in [-0.3, -0.25) is 0 Å². The first kappa shape index (κ1) is 19.7. The van der Waals surface area contributed by atoms with E-state index >= 15 is 0 Å². The van der Waals surface area contributed by atoms with Crippen molar-refractivity contribution in [2.75, 3.05) is 6.61 Å². The number of hydrogen-bond donors (Lipinski definition) is 3. The van der Waals surface area contributed by atoms with E-state index in [0.717, 1.165) is 5.56 Å². The van der Waals surface area contributed by atoms with Crippen LogP contribution in [-0.2, 0) is 11.2 Å². The Balaban J connectivity index is 2.31. The molecule has 0 saturated carbocycles. The molecule has 0 aliphatic heterocycles. The maximum absolute atomic E-state index is 10.6. The number of halogens is 2. The van der Waals surface area contributed by atoms with Crippen LogP contribution >= 0.6 is 23.2 Å². The standard InChI is InChI=1S/C19H17Cl2NO4/c1-2-3-17(22)14-7-11(4-5-18(14)23)6-13-15(20)8-12(9-16(13)21)26-10-19(24)25/h2-5,7-9,23H,1,6,10,22H2,(H,24,25)/b17-3-. The van der Waals surface area contributed by atoms with Gasteiger partial charge in [0.15, 0.2) is 6.61 Å². The minimum absolute atomic E-state index is 0.0546. The predicted octanol–water partition coefficient (Wildman–Crippen LogP) is 4.24. The van der Waals surface area contributed by atoms with Gasteiger partial charge in [0.2, 0.25) is 0 Å². The van der Waals surface area contributed by atoms with Crippen LogP contribution in [0.5, 0.6) is 11.5 Å². The van der Waals surface area contributed by atoms with Crippen LogP contribution in [0, 0.1) is 0 Å². The molecule has 0 unspecified atom stereocenters. The Morgan fingerprint density at radius 3 is 2.46 bits per heavy atom. The third-order valence-corrected chi connectivity index (χ3v) is 4.20. The van der Waals surface area contributed by atoms with Crippen molar-refractivity contribution < 1.29 is 19.7 Å². The molecule has 0 heterocycles. The van der Waals surface area contributed by atoms with Gasteiger partial charge in [-0.2, -0.15) is 0 Å². The summed E-state index contributed by atoms with van der Waals surface area (Å²) >= 11 is 12.5. The highest BCUT2D eigenvalue weighted by Gasteiger charge is 2.13. The Morgan fingerprint density at radius 2 is 1.88 bits per heavy atom. The fraction of sp³-hybridized carbons (Fsp3) is 0.105. The van der Waals surface area contributed by atoms with Crippen LogP contribution < -0.4 is 10.5 Å². The Labute approximate surface area is 160 Å². The number of phenolic OH excluding ortho intramolecular Hbond substituents is 1. The van der Waals surface area contributed by atoms with Crippen molar-refractivity contribution in [1.82, 2.24) is 0 Å². The normalized spacial score (nSPS) is 11.2. The SMILES string of the molecule is C=C/C=C(\N)c1cc(Cc2c(Cl)cc(OCC(=O)O)cc2Cl)ccc1O. The molecule has 0 spiro atoms. The van der Waals surface area contributed by atoms with E-state index < -0.39 is 12.6 Å². The van der Waals surface area contributed by atoms with Crippen LogP contribution in [0.1, 0.15) is 16.7 Å². The number of carboxylic acids is 1. The van der Waals surface area contributed by atoms with E-state index in [1.54, 1.807) is 24.3 Å². The quantitative estimate of drug-likeness (QED) is 0.611. The molecule has 0 aromatic heterocycles. The second kappa shape index (κ2) is 8.65. The Kier molecular flexibility index (Phi) is 6.55. The van der Waals surface area contributed by atoms with Crippen molar-refractivity contribution in [3.63, 3.8) is 0 Å². The summed E-state index contributed by atoms with van der Waals surface area (Å²) < 4.78 is 5.09. The van der Waals surface area contributed by atoms with Crippen molar-refractivity contribution in [3.05, 3.63) is 75.8 Å². The second-order valence-corrected chi connectivity index (χ2v) is 6.25. The number of carboxylic acid groups (broad SMARTS) is 1. The average Bonchev–Trinajstić information content (AvgIpc) is 2.57. The van der Waals surface area contributed by atoms with Crippen LogP contribution in [0.3, 0.4) is 0 Å². The highest BCUT2D eigenvalue weighted by Crippen LogP contribution is 2.33. The maximum Gasteiger partial charge on any atom is 0.341 e. The van der Waals surface area contributed by atoms with Gasteiger partial charge < -0.3 is 20.7 Å². The van der Waals surface area contributed by atoms with Gasteiger partial charge in [0.05, 0.1) is 0 Å². The molecule has 0 aliphatic carbocycles. The topological polar surface area (TPSA) is 92.8 Å². The number of nitrogens with two attached hydrogens (primary N) is 1. The number of ether oxygens (including phenoxy) is 1. The third-order valence-electron chi connectivity index (χ3n) is 3.53. The van der Waals surface area contributed by atoms with Crippen LogP contribution in [-0.4, -0.2) is 22.8 Å². The smallest absolute Gasteiger partial charge is 0.341 e. The molecule has 0 aliphatic rings. The lowest BCUT2D eigenvalue weighted by Gasteiger charge is -2.12. The fourth-order valence-electron chi connectivity index (χ4n) is 2.32. The Bertz CT molecular complexity index is 855. The van der Waals surface area contributed by atoms with Gasteiger partial charge in [-0.15, -0.1) is 0 Å². The molecular weight excluding hydrogens is 377 g/mol. The summed E-state index contributed by atoms with van der Waals surface area (Å²) in [5, 5.41) is 19.3. The molecule has 4 N–H and O–H groups in total. The lowest BCUT2D eigenvalue weighted by molar-refractivity contribution is -0.139.